The zero-order valence-electron chi connectivity index (χ0n) is 66.2. The third-order valence-corrected chi connectivity index (χ3v) is 20.7. The zero-order valence-corrected chi connectivity index (χ0v) is 68.0. The quantitative estimate of drug-likeness (QED) is 0.0118. The number of benzene rings is 4. The largest absolute Gasteiger partial charge is 0.497 e. The van der Waals surface area contributed by atoms with Gasteiger partial charge in [0.25, 0.3) is 0 Å². The second-order valence-corrected chi connectivity index (χ2v) is 31.3. The Morgan fingerprint density at radius 1 is 0.798 bits per heavy atom. The van der Waals surface area contributed by atoms with Crippen LogP contribution in [0.15, 0.2) is 109 Å². The number of aryl methyl sites for hydroxylation is 2. The lowest BCUT2D eigenvalue weighted by Crippen LogP contribution is -2.64. The second kappa shape index (κ2) is 41.5. The maximum Gasteiger partial charge on any atom is 0.246 e. The zero-order chi connectivity index (χ0) is 82.4. The van der Waals surface area contributed by atoms with Gasteiger partial charge in [-0.25, -0.2) is 9.07 Å². The standard InChI is InChI=1S/C81H108FN15O15S2/c1-50-38-51(2)40-60(39-50)96-49-59(91-92-96)48-93-47-57(62-45-58(82)19-22-67(62)93)44-65-78(106)94-29-23-68(72(94)77(105)90-71(53(4)98)76(104)89-64(42-55-17-20-61(109-9)21-18-55)79(107)95-28-13-26-81(95,5)80(108)83-27-37-114)112-31-11-10-14-54-15-12-16-56(41-54)43-63(74(102)88-65)87-73(101)52(3)85-75(103)66(86-70(100)25-36-113)46-84-69(99)24-32-110-34-35-111-33-30-97(6,7)8/h10-12,15-22,38-41,45,47,49,52-53,63-66,68,71-72,98H,13-14,23-37,42-44,46,48H2,1-9H3,(H9-,83,84,85,86,87,88,89,90,99,100,101,102,103,104,105,108,113,114)/p+1/b11-10+/t52-,53-,63+,64+,65+,66+,68+,71+,72+,81+/m1/s1. The molecule has 10 atom stereocenters. The van der Waals surface area contributed by atoms with E-state index < -0.39 is 125 Å². The Morgan fingerprint density at radius 2 is 1.54 bits per heavy atom. The molecule has 114 heavy (non-hydrogen) atoms. The average molecular weight is 1620 g/mol. The molecule has 30 nitrogen and oxygen atoms in total. The molecule has 0 spiro atoms. The molecule has 6 aromatic rings. The van der Waals surface area contributed by atoms with Gasteiger partial charge in [0.15, 0.2) is 0 Å². The first kappa shape index (κ1) is 88.2. The number of fused-ring (bicyclic) bond motifs is 5. The summed E-state index contributed by atoms with van der Waals surface area (Å²) in [7, 11) is 7.65. The molecule has 4 bridgehead atoms. The van der Waals surface area contributed by atoms with E-state index in [9.17, 15) is 29.1 Å². The van der Waals surface area contributed by atoms with E-state index in [1.807, 2.05) is 71.4 Å². The van der Waals surface area contributed by atoms with Gasteiger partial charge in [-0.3, -0.25) is 47.9 Å². The summed E-state index contributed by atoms with van der Waals surface area (Å²) >= 11 is 8.42. The van der Waals surface area contributed by atoms with Gasteiger partial charge in [-0.1, -0.05) is 59.8 Å². The molecule has 4 aromatic carbocycles. The van der Waals surface area contributed by atoms with Crippen molar-refractivity contribution >= 4 is 95.2 Å². The molecule has 616 valence electrons. The Bertz CT molecular complexity index is 4380. The maximum absolute atomic E-state index is 16.2. The molecule has 2 aromatic heterocycles. The van der Waals surface area contributed by atoms with E-state index >= 15 is 28.4 Å². The van der Waals surface area contributed by atoms with Crippen molar-refractivity contribution in [3.05, 3.63) is 154 Å². The predicted octanol–water partition coefficient (Wildman–Crippen LogP) is 2.46. The van der Waals surface area contributed by atoms with Gasteiger partial charge in [0.2, 0.25) is 59.1 Å². The number of halogens is 1. The molecule has 9 rings (SSSR count). The topological polar surface area (TPSA) is 366 Å². The van der Waals surface area contributed by atoms with Crippen LogP contribution in [0.25, 0.3) is 16.6 Å². The number of aliphatic hydroxyl groups is 1. The number of ether oxygens (including phenoxy) is 4. The molecule has 2 fully saturated rings. The highest BCUT2D eigenvalue weighted by Crippen LogP contribution is 2.32. The van der Waals surface area contributed by atoms with Gasteiger partial charge in [-0.15, -0.1) is 5.10 Å². The molecule has 0 aliphatic carbocycles. The van der Waals surface area contributed by atoms with Gasteiger partial charge in [0.05, 0.1) is 91.9 Å². The lowest BCUT2D eigenvalue weighted by atomic mass is 9.95. The normalized spacial score (nSPS) is 19.6. The number of aliphatic hydroxyl groups excluding tert-OH is 1. The van der Waals surface area contributed by atoms with Gasteiger partial charge in [0.1, 0.15) is 71.6 Å². The van der Waals surface area contributed by atoms with Crippen LogP contribution in [0.1, 0.15) is 91.9 Å². The Hall–Kier alpha value is -9.77. The number of nitrogens with one attached hydrogen (secondary N) is 8. The number of aromatic nitrogens is 4. The van der Waals surface area contributed by atoms with Gasteiger partial charge in [-0.05, 0) is 142 Å². The molecular weight excluding hydrogens is 1510 g/mol. The molecule has 0 saturated carbocycles. The van der Waals surface area contributed by atoms with Crippen LogP contribution in [0.2, 0.25) is 0 Å². The number of carbonyl (C=O) groups is 10. The Kier molecular flexibility index (Phi) is 32.1. The van der Waals surface area contributed by atoms with Crippen LogP contribution < -0.4 is 47.3 Å². The van der Waals surface area contributed by atoms with Crippen LogP contribution in [0.5, 0.6) is 5.75 Å². The third-order valence-electron chi connectivity index (χ3n) is 20.3. The molecule has 33 heteroatoms. The lowest BCUT2D eigenvalue weighted by molar-refractivity contribution is -0.870. The van der Waals surface area contributed by atoms with E-state index in [0.29, 0.717) is 77.3 Å². The van der Waals surface area contributed by atoms with Gasteiger partial charge >= 0.3 is 0 Å². The SMILES string of the molecule is COc1ccc(C[C@H](NC(=O)[C@@H](NC(=O)[C@@H]2[C@@H]3CCN2C(=O)[C@H](Cc2cn(Cc4cn(-c5cc(C)cc(C)c5)nn4)c4ccc(F)cc24)NC(=O)[C@@H](NC(=O)[C@@H](C)NC(=O)[C@H](CNC(=O)CCOCCOCC[N+](C)(C)C)NC(=O)CCS)Cc2cccc(c2)C/C=C/CO3)[C@@H](C)O)C(=O)N2CCC[C@@]2(C)C(=O)NCCS)cc1. The fourth-order valence-corrected chi connectivity index (χ4v) is 14.5. The highest BCUT2D eigenvalue weighted by molar-refractivity contribution is 7.80. The third kappa shape index (κ3) is 24.6. The molecule has 3 aliphatic rings. The van der Waals surface area contributed by atoms with Crippen molar-refractivity contribution in [2.24, 2.45) is 0 Å². The van der Waals surface area contributed by atoms with Gasteiger partial charge < -0.3 is 85.4 Å². The number of quaternary nitrogens is 1. The van der Waals surface area contributed by atoms with Crippen molar-refractivity contribution in [2.75, 3.05) is 106 Å². The first-order valence-corrected chi connectivity index (χ1v) is 39.8. The summed E-state index contributed by atoms with van der Waals surface area (Å²) in [6.45, 7) is 10.1. The number of likely N-dealkylation sites (N-methyl/N-ethyl adjacent to an activating group) is 1. The number of hydrogen-bond acceptors (Lipinski definition) is 19. The Labute approximate surface area is 674 Å². The highest BCUT2D eigenvalue weighted by Gasteiger charge is 2.49. The number of carbonyl (C=O) groups excluding carboxylic acids is 10. The van der Waals surface area contributed by atoms with Gasteiger partial charge in [-0.2, -0.15) is 25.3 Å². The van der Waals surface area contributed by atoms with Crippen LogP contribution in [-0.2, 0) is 94.4 Å². The summed E-state index contributed by atoms with van der Waals surface area (Å²) in [6.07, 6.45) is 4.64. The van der Waals surface area contributed by atoms with E-state index in [0.717, 1.165) is 33.4 Å². The number of nitrogens with zero attached hydrogens (tertiary/aromatic N) is 7. The number of rotatable bonds is 35. The van der Waals surface area contributed by atoms with Crippen LogP contribution in [0, 0.1) is 19.7 Å². The van der Waals surface area contributed by atoms with Crippen LogP contribution >= 0.6 is 25.3 Å². The summed E-state index contributed by atoms with van der Waals surface area (Å²) in [5.74, 6) is -7.13. The van der Waals surface area contributed by atoms with Crippen LogP contribution in [0.4, 0.5) is 4.39 Å². The van der Waals surface area contributed by atoms with E-state index in [2.05, 4.69) is 78.1 Å². The molecule has 10 amide bonds. The minimum Gasteiger partial charge on any atom is -0.497 e. The molecule has 0 unspecified atom stereocenters. The van der Waals surface area contributed by atoms with E-state index in [1.54, 1.807) is 77.1 Å². The minimum absolute atomic E-state index is 0.0331. The van der Waals surface area contributed by atoms with Crippen molar-refractivity contribution in [3.8, 4) is 11.4 Å². The highest BCUT2D eigenvalue weighted by atomic mass is 32.1. The van der Waals surface area contributed by atoms with Crippen LogP contribution in [-0.4, -0.2) is 264 Å². The van der Waals surface area contributed by atoms with E-state index in [1.165, 1.54) is 42.9 Å². The summed E-state index contributed by atoms with van der Waals surface area (Å²) < 4.78 is 43.1. The Balaban J connectivity index is 1.03. The number of amides is 10. The number of methoxy groups -OCH3 is 1. The van der Waals surface area contributed by atoms with E-state index in [4.69, 9.17) is 18.9 Å². The lowest BCUT2D eigenvalue weighted by Gasteiger charge is -2.37. The van der Waals surface area contributed by atoms with Crippen molar-refractivity contribution in [1.82, 2.24) is 71.9 Å². The number of thiol groups is 2. The number of likely N-dealkylation sites (tertiary alicyclic amines) is 1. The van der Waals surface area contributed by atoms with Crippen molar-refractivity contribution in [1.29, 1.82) is 0 Å². The van der Waals surface area contributed by atoms with Crippen molar-refractivity contribution in [3.63, 3.8) is 0 Å². The average Bonchev–Trinajstić information content (AvgIpc) is 1.63. The summed E-state index contributed by atoms with van der Waals surface area (Å²) in [5.41, 5.74) is 4.80. The Morgan fingerprint density at radius 3 is 2.25 bits per heavy atom. The number of allylic oxidation sites excluding steroid dienone is 1. The maximum atomic E-state index is 16.2. The molecule has 3 aliphatic heterocycles. The van der Waals surface area contributed by atoms with E-state index in [-0.39, 0.29) is 96.8 Å². The first-order chi connectivity index (χ1) is 54.4. The van der Waals surface area contributed by atoms with Gasteiger partial charge in [0, 0.05) is 81.1 Å². The fraction of sp³-hybridized carbons (Fsp3) is 0.506. The molecule has 0 radical (unpaired) electrons. The first-order valence-electron chi connectivity index (χ1n) is 38.5. The summed E-state index contributed by atoms with van der Waals surface area (Å²) in [5, 5.41) is 42.8. The number of hydrogen-bond donors (Lipinski definition) is 11. The smallest absolute Gasteiger partial charge is 0.246 e. The molecule has 5 heterocycles. The molecule has 9 N–H and O–H groups in total. The van der Waals surface area contributed by atoms with Crippen molar-refractivity contribution in [2.45, 2.75) is 159 Å². The summed E-state index contributed by atoms with van der Waals surface area (Å²) in [6, 6.07) is 13.4. The van der Waals surface area contributed by atoms with Crippen molar-refractivity contribution < 1.29 is 80.9 Å². The van der Waals surface area contributed by atoms with Crippen LogP contribution in [0.3, 0.4) is 0 Å². The second-order valence-electron chi connectivity index (χ2n) is 30.4. The predicted molar refractivity (Wildman–Crippen MR) is 431 cm³/mol. The fourth-order valence-electron chi connectivity index (χ4n) is 14.2. The minimum atomic E-state index is -1.80. The monoisotopic (exact) mass is 1610 g/mol. The molecule has 2 saturated heterocycles. The molecular formula is C81H109FN15O15S2+. The summed E-state index contributed by atoms with van der Waals surface area (Å²) in [4.78, 5) is 149.